The maximum atomic E-state index is 5.29. The second-order valence-electron chi connectivity index (χ2n) is 1.21. The zero-order valence-electron chi connectivity index (χ0n) is 4.96. The molecule has 0 aliphatic carbocycles. The van der Waals surface area contributed by atoms with Crippen LogP contribution in [0.15, 0.2) is 29.5 Å². The summed E-state index contributed by atoms with van der Waals surface area (Å²) in [6.45, 7) is 5.26. The molecule has 0 heterocycles. The lowest BCUT2D eigenvalue weighted by Crippen LogP contribution is -1.91. The molecule has 8 heavy (non-hydrogen) atoms. The summed E-state index contributed by atoms with van der Waals surface area (Å²) in [7, 11) is 0. The number of allylic oxidation sites excluding steroid dienone is 2. The van der Waals surface area contributed by atoms with Crippen molar-refractivity contribution < 1.29 is 0 Å². The molecule has 0 fully saturated rings. The molecule has 0 unspecified atom stereocenters. The molecule has 0 aliphatic rings. The molecule has 0 amide bonds. The van der Waals surface area contributed by atoms with Gasteiger partial charge in [0.05, 0.1) is 0 Å². The van der Waals surface area contributed by atoms with Crippen LogP contribution in [0.5, 0.6) is 0 Å². The van der Waals surface area contributed by atoms with Gasteiger partial charge in [0, 0.05) is 6.21 Å². The molecule has 0 aliphatic heterocycles. The Morgan fingerprint density at radius 3 is 2.75 bits per heavy atom. The SMILES string of the molecule is C=C/C=C(N)\N=C\C. The minimum atomic E-state index is 0.488. The number of nitrogens with zero attached hydrogens (tertiary/aromatic N) is 1. The predicted octanol–water partition coefficient (Wildman–Crippen LogP) is 1.06. The standard InChI is InChI=1S/C6H10N2/c1-3-5-6(7)8-4-2/h3-5H,1,7H2,2H3/b6-5-,8-4+. The van der Waals surface area contributed by atoms with Gasteiger partial charge in [-0.1, -0.05) is 12.7 Å². The number of nitrogens with two attached hydrogens (primary N) is 1. The number of hydrogen-bond donors (Lipinski definition) is 1. The van der Waals surface area contributed by atoms with Gasteiger partial charge in [0.25, 0.3) is 0 Å². The molecule has 0 aromatic carbocycles. The van der Waals surface area contributed by atoms with Crippen molar-refractivity contribution in [1.29, 1.82) is 0 Å². The van der Waals surface area contributed by atoms with Crippen molar-refractivity contribution in [3.05, 3.63) is 24.6 Å². The Bertz CT molecular complexity index is 122. The van der Waals surface area contributed by atoms with Gasteiger partial charge in [-0.2, -0.15) is 0 Å². The molecular weight excluding hydrogens is 100 g/mol. The van der Waals surface area contributed by atoms with Crippen LogP contribution in [0.1, 0.15) is 6.92 Å². The second-order valence-corrected chi connectivity index (χ2v) is 1.21. The lowest BCUT2D eigenvalue weighted by Gasteiger charge is -1.83. The van der Waals surface area contributed by atoms with Gasteiger partial charge in [0.2, 0.25) is 0 Å². The molecule has 0 bridgehead atoms. The van der Waals surface area contributed by atoms with Gasteiger partial charge in [0.15, 0.2) is 0 Å². The summed E-state index contributed by atoms with van der Waals surface area (Å²) >= 11 is 0. The molecule has 0 rings (SSSR count). The van der Waals surface area contributed by atoms with Crippen molar-refractivity contribution in [2.75, 3.05) is 0 Å². The average Bonchev–Trinajstić information content (AvgIpc) is 1.68. The van der Waals surface area contributed by atoms with Crippen molar-refractivity contribution >= 4 is 6.21 Å². The van der Waals surface area contributed by atoms with E-state index >= 15 is 0 Å². The van der Waals surface area contributed by atoms with E-state index < -0.39 is 0 Å². The van der Waals surface area contributed by atoms with E-state index in [0.717, 1.165) is 0 Å². The van der Waals surface area contributed by atoms with Gasteiger partial charge >= 0.3 is 0 Å². The molecule has 0 radical (unpaired) electrons. The van der Waals surface area contributed by atoms with Crippen molar-refractivity contribution in [3.63, 3.8) is 0 Å². The summed E-state index contributed by atoms with van der Waals surface area (Å²) in [6, 6.07) is 0. The molecule has 0 saturated carbocycles. The van der Waals surface area contributed by atoms with E-state index in [9.17, 15) is 0 Å². The molecule has 0 spiro atoms. The molecule has 0 saturated heterocycles. The van der Waals surface area contributed by atoms with Crippen LogP contribution in [0.2, 0.25) is 0 Å². The first-order valence-electron chi connectivity index (χ1n) is 2.38. The second kappa shape index (κ2) is 4.12. The summed E-state index contributed by atoms with van der Waals surface area (Å²) in [5.41, 5.74) is 5.29. The van der Waals surface area contributed by atoms with Gasteiger partial charge in [-0.05, 0) is 13.0 Å². The van der Waals surface area contributed by atoms with E-state index in [-0.39, 0.29) is 0 Å². The fourth-order valence-corrected chi connectivity index (χ4v) is 0.313. The smallest absolute Gasteiger partial charge is 0.122 e. The first-order chi connectivity index (χ1) is 3.81. The van der Waals surface area contributed by atoms with Crippen LogP contribution in [0.25, 0.3) is 0 Å². The Kier molecular flexibility index (Phi) is 3.58. The number of hydrogen-bond acceptors (Lipinski definition) is 2. The van der Waals surface area contributed by atoms with Crippen LogP contribution in [-0.2, 0) is 0 Å². The van der Waals surface area contributed by atoms with Gasteiger partial charge in [-0.3, -0.25) is 0 Å². The van der Waals surface area contributed by atoms with E-state index in [0.29, 0.717) is 5.82 Å². The fourth-order valence-electron chi connectivity index (χ4n) is 0.313. The van der Waals surface area contributed by atoms with Crippen LogP contribution in [-0.4, -0.2) is 6.21 Å². The van der Waals surface area contributed by atoms with Crippen LogP contribution in [0.4, 0.5) is 0 Å². The molecule has 2 heteroatoms. The third-order valence-corrected chi connectivity index (χ3v) is 0.567. The fraction of sp³-hybridized carbons (Fsp3) is 0.167. The molecule has 44 valence electrons. The van der Waals surface area contributed by atoms with Crippen LogP contribution < -0.4 is 5.73 Å². The Morgan fingerprint density at radius 1 is 1.75 bits per heavy atom. The van der Waals surface area contributed by atoms with Crippen LogP contribution in [0, 0.1) is 0 Å². The van der Waals surface area contributed by atoms with Crippen molar-refractivity contribution in [2.45, 2.75) is 6.92 Å². The van der Waals surface area contributed by atoms with E-state index in [2.05, 4.69) is 11.6 Å². The molecule has 0 aromatic heterocycles. The largest absolute Gasteiger partial charge is 0.384 e. The summed E-state index contributed by atoms with van der Waals surface area (Å²) in [6.07, 6.45) is 4.87. The highest BCUT2D eigenvalue weighted by atomic mass is 14.9. The van der Waals surface area contributed by atoms with E-state index in [1.807, 2.05) is 6.92 Å². The summed E-state index contributed by atoms with van der Waals surface area (Å²) in [4.78, 5) is 3.76. The summed E-state index contributed by atoms with van der Waals surface area (Å²) < 4.78 is 0. The molecule has 2 N–H and O–H groups in total. The van der Waals surface area contributed by atoms with Crippen molar-refractivity contribution in [3.8, 4) is 0 Å². The quantitative estimate of drug-likeness (QED) is 0.419. The Hall–Kier alpha value is -1.05. The minimum absolute atomic E-state index is 0.488. The summed E-state index contributed by atoms with van der Waals surface area (Å²) in [5, 5.41) is 0. The third kappa shape index (κ3) is 3.15. The highest BCUT2D eigenvalue weighted by Gasteiger charge is 1.72. The number of aliphatic imine (C=N–C) groups is 1. The maximum absolute atomic E-state index is 5.29. The Balaban J connectivity index is 3.79. The first-order valence-corrected chi connectivity index (χ1v) is 2.38. The van der Waals surface area contributed by atoms with Gasteiger partial charge < -0.3 is 5.73 Å². The van der Waals surface area contributed by atoms with Crippen molar-refractivity contribution in [2.24, 2.45) is 10.7 Å². The Labute approximate surface area is 49.4 Å². The lowest BCUT2D eigenvalue weighted by molar-refractivity contribution is 1.25. The lowest BCUT2D eigenvalue weighted by atomic mass is 10.5. The van der Waals surface area contributed by atoms with Gasteiger partial charge in [-0.25, -0.2) is 4.99 Å². The normalized spacial score (nSPS) is 12.4. The third-order valence-electron chi connectivity index (χ3n) is 0.567. The average molecular weight is 110 g/mol. The van der Waals surface area contributed by atoms with Crippen LogP contribution >= 0.6 is 0 Å². The van der Waals surface area contributed by atoms with Gasteiger partial charge in [0.1, 0.15) is 5.82 Å². The molecule has 2 nitrogen and oxygen atoms in total. The minimum Gasteiger partial charge on any atom is -0.384 e. The molecule has 0 atom stereocenters. The monoisotopic (exact) mass is 110 g/mol. The van der Waals surface area contributed by atoms with E-state index in [1.165, 1.54) is 0 Å². The first kappa shape index (κ1) is 6.95. The number of rotatable bonds is 2. The van der Waals surface area contributed by atoms with Crippen molar-refractivity contribution in [1.82, 2.24) is 0 Å². The molecular formula is C6H10N2. The van der Waals surface area contributed by atoms with Gasteiger partial charge in [-0.15, -0.1) is 0 Å². The topological polar surface area (TPSA) is 38.4 Å². The maximum Gasteiger partial charge on any atom is 0.122 e. The zero-order chi connectivity index (χ0) is 6.41. The predicted molar refractivity (Wildman–Crippen MR) is 36.6 cm³/mol. The molecule has 0 aromatic rings. The van der Waals surface area contributed by atoms with Crippen LogP contribution in [0.3, 0.4) is 0 Å². The zero-order valence-corrected chi connectivity index (χ0v) is 4.96. The Morgan fingerprint density at radius 2 is 2.38 bits per heavy atom. The van der Waals surface area contributed by atoms with E-state index in [1.54, 1.807) is 18.4 Å². The van der Waals surface area contributed by atoms with E-state index in [4.69, 9.17) is 5.73 Å². The summed E-state index contributed by atoms with van der Waals surface area (Å²) in [5.74, 6) is 0.488. The highest BCUT2D eigenvalue weighted by molar-refractivity contribution is 5.55. The highest BCUT2D eigenvalue weighted by Crippen LogP contribution is 1.82.